The number of rotatable bonds is 40. The van der Waals surface area contributed by atoms with Crippen molar-refractivity contribution in [2.75, 3.05) is 26.4 Å². The van der Waals surface area contributed by atoms with Crippen LogP contribution < -0.4 is 0 Å². The number of aliphatic hydroxyl groups is 2. The zero-order valence-corrected chi connectivity index (χ0v) is 37.9. The van der Waals surface area contributed by atoms with Gasteiger partial charge in [-0.15, -0.1) is 0 Å². The van der Waals surface area contributed by atoms with Crippen LogP contribution in [0.3, 0.4) is 0 Å². The van der Waals surface area contributed by atoms with E-state index < -0.39 is 72.3 Å². The summed E-state index contributed by atoms with van der Waals surface area (Å²) >= 11 is 0. The first kappa shape index (κ1) is 57.5. The van der Waals surface area contributed by atoms with Crippen molar-refractivity contribution in [2.45, 2.75) is 167 Å². The molecular weight excluding hydrogens is 814 g/mol. The van der Waals surface area contributed by atoms with Crippen LogP contribution in [0.4, 0.5) is 0 Å². The minimum atomic E-state index is -4.88. The van der Waals surface area contributed by atoms with Gasteiger partial charge in [-0.1, -0.05) is 132 Å². The molecule has 0 fully saturated rings. The summed E-state index contributed by atoms with van der Waals surface area (Å²) in [7, 11) is -9.71. The number of phosphoric acid groups is 2. The van der Waals surface area contributed by atoms with Crippen LogP contribution in [-0.4, -0.2) is 81.6 Å². The van der Waals surface area contributed by atoms with Crippen molar-refractivity contribution in [1.82, 2.24) is 0 Å². The SMILES string of the molecule is CC/C=C/CC(O)/C=C/C=C/CCCCCCCC(=O)O[C@H](COC(=O)CCCCCC/C=C\C/C=C\C/C=C\CCCCC)COP(=O)(O)OC[C@@H](O)COP(=O)(O)O. The normalized spacial score (nSPS) is 15.2. The molecule has 0 bridgehead atoms. The van der Waals surface area contributed by atoms with Crippen LogP contribution in [0.1, 0.15) is 149 Å². The van der Waals surface area contributed by atoms with Crippen molar-refractivity contribution in [2.24, 2.45) is 0 Å². The van der Waals surface area contributed by atoms with Gasteiger partial charge in [0.2, 0.25) is 0 Å². The van der Waals surface area contributed by atoms with E-state index >= 15 is 0 Å². The first-order valence-corrected chi connectivity index (χ1v) is 24.8. The van der Waals surface area contributed by atoms with Gasteiger partial charge in [-0.2, -0.15) is 0 Å². The van der Waals surface area contributed by atoms with Crippen molar-refractivity contribution >= 4 is 27.6 Å². The molecule has 0 aliphatic heterocycles. The Bertz CT molecular complexity index is 1350. The Balaban J connectivity index is 4.64. The van der Waals surface area contributed by atoms with E-state index in [1.807, 2.05) is 37.3 Å². The molecule has 0 heterocycles. The number of allylic oxidation sites excluding steroid dienone is 10. The number of hydrogen-bond donors (Lipinski definition) is 5. The summed E-state index contributed by atoms with van der Waals surface area (Å²) < 4.78 is 47.7. The first-order valence-electron chi connectivity index (χ1n) is 21.7. The van der Waals surface area contributed by atoms with Crippen LogP contribution in [0.5, 0.6) is 0 Å². The highest BCUT2D eigenvalue weighted by molar-refractivity contribution is 7.47. The van der Waals surface area contributed by atoms with Crippen LogP contribution >= 0.6 is 15.6 Å². The molecule has 0 radical (unpaired) electrons. The molecule has 0 saturated heterocycles. The topological polar surface area (TPSA) is 216 Å². The summed E-state index contributed by atoms with van der Waals surface area (Å²) in [6.07, 6.45) is 39.3. The molecule has 346 valence electrons. The molecule has 0 aliphatic rings. The van der Waals surface area contributed by atoms with Crippen LogP contribution in [0.2, 0.25) is 0 Å². The summed E-state index contributed by atoms with van der Waals surface area (Å²) in [6.45, 7) is 1.44. The van der Waals surface area contributed by atoms with Crippen LogP contribution in [0.25, 0.3) is 0 Å². The summed E-state index contributed by atoms with van der Waals surface area (Å²) in [6, 6.07) is 0. The number of phosphoric ester groups is 2. The van der Waals surface area contributed by atoms with E-state index in [0.29, 0.717) is 19.3 Å². The number of carbonyl (C=O) groups excluding carboxylic acids is 2. The highest BCUT2D eigenvalue weighted by Crippen LogP contribution is 2.43. The number of esters is 2. The summed E-state index contributed by atoms with van der Waals surface area (Å²) in [5, 5.41) is 19.6. The molecule has 0 rings (SSSR count). The molecule has 4 atom stereocenters. The van der Waals surface area contributed by atoms with Crippen molar-refractivity contribution < 1.29 is 66.7 Å². The summed E-state index contributed by atoms with van der Waals surface area (Å²) in [5.74, 6) is -1.12. The first-order chi connectivity index (χ1) is 28.8. The fraction of sp³-hybridized carbons (Fsp3) is 0.682. The Hall–Kier alpha value is -2.48. The largest absolute Gasteiger partial charge is 0.472 e. The van der Waals surface area contributed by atoms with Gasteiger partial charge in [-0.3, -0.25) is 23.2 Å². The van der Waals surface area contributed by atoms with E-state index in [0.717, 1.165) is 83.5 Å². The standard InChI is InChI=1S/C44H76O14P2/c1-3-5-7-8-9-10-11-12-13-14-15-16-17-20-23-26-30-34-43(47)54-38-42(39-57-60(52,53)56-37-41(46)36-55-59(49,50)51)58-44(48)35-31-27-24-21-18-19-22-25-29-33-40(45)32-28-6-4-2/h6,9-10,12-13,15-16,22,25,28-29,33,40-42,45-46H,3-5,7-8,11,14,17-21,23-24,26-27,30-32,34-39H2,1-2H3,(H,52,53)(H2,49,50,51)/b10-9-,13-12-,16-15-,25-22+,28-6+,33-29+/t40?,41-,42+/m0/s1. The zero-order chi connectivity index (χ0) is 44.6. The number of unbranched alkanes of at least 4 members (excludes halogenated alkanes) is 12. The lowest BCUT2D eigenvalue weighted by Crippen LogP contribution is -2.30. The molecule has 0 aliphatic carbocycles. The lowest BCUT2D eigenvalue weighted by Gasteiger charge is -2.20. The van der Waals surface area contributed by atoms with Gasteiger partial charge in [0.25, 0.3) is 0 Å². The predicted molar refractivity (Wildman–Crippen MR) is 236 cm³/mol. The number of ether oxygens (including phenoxy) is 2. The molecule has 60 heavy (non-hydrogen) atoms. The smallest absolute Gasteiger partial charge is 0.462 e. The molecule has 0 aromatic rings. The Morgan fingerprint density at radius 1 is 0.567 bits per heavy atom. The Morgan fingerprint density at radius 2 is 1.10 bits per heavy atom. The van der Waals surface area contributed by atoms with E-state index in [2.05, 4.69) is 52.4 Å². The lowest BCUT2D eigenvalue weighted by molar-refractivity contribution is -0.161. The maximum atomic E-state index is 12.7. The van der Waals surface area contributed by atoms with E-state index in [9.17, 15) is 33.8 Å². The number of hydrogen-bond acceptors (Lipinski definition) is 11. The van der Waals surface area contributed by atoms with Gasteiger partial charge in [0.1, 0.15) is 12.7 Å². The second-order valence-corrected chi connectivity index (χ2v) is 17.1. The third kappa shape index (κ3) is 42.2. The Labute approximate surface area is 359 Å². The highest BCUT2D eigenvalue weighted by Gasteiger charge is 2.28. The molecule has 2 unspecified atom stereocenters. The van der Waals surface area contributed by atoms with Gasteiger partial charge in [-0.05, 0) is 77.0 Å². The second kappa shape index (κ2) is 39.4. The maximum Gasteiger partial charge on any atom is 0.472 e. The van der Waals surface area contributed by atoms with Gasteiger partial charge in [0.05, 0.1) is 25.9 Å². The van der Waals surface area contributed by atoms with Crippen LogP contribution in [0, 0.1) is 0 Å². The van der Waals surface area contributed by atoms with Crippen molar-refractivity contribution in [3.63, 3.8) is 0 Å². The van der Waals surface area contributed by atoms with Gasteiger partial charge in [0.15, 0.2) is 6.10 Å². The van der Waals surface area contributed by atoms with Gasteiger partial charge < -0.3 is 34.4 Å². The molecule has 0 aromatic heterocycles. The molecule has 0 saturated carbocycles. The van der Waals surface area contributed by atoms with E-state index in [-0.39, 0.29) is 12.8 Å². The summed E-state index contributed by atoms with van der Waals surface area (Å²) in [4.78, 5) is 52.7. The molecule has 0 aromatic carbocycles. The average Bonchev–Trinajstić information content (AvgIpc) is 3.20. The minimum Gasteiger partial charge on any atom is -0.462 e. The fourth-order valence-corrected chi connectivity index (χ4v) is 6.49. The van der Waals surface area contributed by atoms with E-state index in [4.69, 9.17) is 23.8 Å². The van der Waals surface area contributed by atoms with Crippen molar-refractivity contribution in [3.05, 3.63) is 72.9 Å². The quantitative estimate of drug-likeness (QED) is 0.0127. The van der Waals surface area contributed by atoms with Gasteiger partial charge in [-0.25, -0.2) is 9.13 Å². The van der Waals surface area contributed by atoms with Crippen molar-refractivity contribution in [1.29, 1.82) is 0 Å². The third-order valence-corrected chi connectivity index (χ3v) is 10.1. The van der Waals surface area contributed by atoms with E-state index in [1.54, 1.807) is 6.08 Å². The summed E-state index contributed by atoms with van der Waals surface area (Å²) in [5.41, 5.74) is 0. The minimum absolute atomic E-state index is 0.0761. The third-order valence-electron chi connectivity index (χ3n) is 8.65. The Morgan fingerprint density at radius 3 is 1.72 bits per heavy atom. The lowest BCUT2D eigenvalue weighted by atomic mass is 10.1. The number of carbonyl (C=O) groups is 2. The second-order valence-electron chi connectivity index (χ2n) is 14.4. The van der Waals surface area contributed by atoms with Crippen LogP contribution in [-0.2, 0) is 41.8 Å². The average molecular weight is 891 g/mol. The molecule has 16 heteroatoms. The molecule has 5 N–H and O–H groups in total. The molecule has 14 nitrogen and oxygen atoms in total. The zero-order valence-electron chi connectivity index (χ0n) is 36.1. The van der Waals surface area contributed by atoms with Crippen molar-refractivity contribution in [3.8, 4) is 0 Å². The molecule has 0 spiro atoms. The molecule has 0 amide bonds. The highest BCUT2D eigenvalue weighted by atomic mass is 31.2. The fourth-order valence-electron chi connectivity index (χ4n) is 5.33. The van der Waals surface area contributed by atoms with Crippen LogP contribution in [0.15, 0.2) is 72.9 Å². The molecular formula is C44H76O14P2. The number of aliphatic hydroxyl groups excluding tert-OH is 2. The maximum absolute atomic E-state index is 12.7. The van der Waals surface area contributed by atoms with Gasteiger partial charge >= 0.3 is 27.6 Å². The predicted octanol–water partition coefficient (Wildman–Crippen LogP) is 9.98. The van der Waals surface area contributed by atoms with Gasteiger partial charge in [0, 0.05) is 12.8 Å². The van der Waals surface area contributed by atoms with E-state index in [1.165, 1.54) is 19.3 Å². The Kier molecular flexibility index (Phi) is 37.7. The monoisotopic (exact) mass is 890 g/mol.